The van der Waals surface area contributed by atoms with Crippen molar-refractivity contribution in [1.29, 1.82) is 0 Å². The number of hydrogen-bond donors (Lipinski definition) is 0. The molecule has 0 aliphatic carbocycles. The number of likely N-dealkylation sites (N-methyl/N-ethyl adjacent to an activating group) is 1. The summed E-state index contributed by atoms with van der Waals surface area (Å²) < 4.78 is 0. The first-order chi connectivity index (χ1) is 10.1. The van der Waals surface area contributed by atoms with Crippen molar-refractivity contribution >= 4 is 11.6 Å². The normalized spacial score (nSPS) is 20.5. The van der Waals surface area contributed by atoms with Crippen molar-refractivity contribution in [3.8, 4) is 0 Å². The average Bonchev–Trinajstić information content (AvgIpc) is 2.72. The summed E-state index contributed by atoms with van der Waals surface area (Å²) in [6.45, 7) is 5.93. The Kier molecular flexibility index (Phi) is 3.17. The Morgan fingerprint density at radius 1 is 1.14 bits per heavy atom. The second kappa shape index (κ2) is 4.88. The molecule has 1 aliphatic rings. The van der Waals surface area contributed by atoms with Gasteiger partial charge in [0.1, 0.15) is 5.41 Å². The van der Waals surface area contributed by atoms with Crippen molar-refractivity contribution in [3.05, 3.63) is 77.9 Å². The number of nitrogens with zero attached hydrogens (tertiary/aromatic N) is 1. The lowest BCUT2D eigenvalue weighted by molar-refractivity contribution is -0.121. The summed E-state index contributed by atoms with van der Waals surface area (Å²) in [5.41, 5.74) is 3.65. The van der Waals surface area contributed by atoms with Gasteiger partial charge in [0.05, 0.1) is 0 Å². The molecule has 0 spiro atoms. The molecule has 21 heavy (non-hydrogen) atoms. The molecule has 2 aromatic rings. The molecule has 2 aromatic carbocycles. The van der Waals surface area contributed by atoms with Gasteiger partial charge in [0, 0.05) is 12.7 Å². The van der Waals surface area contributed by atoms with E-state index < -0.39 is 5.41 Å². The SMILES string of the molecule is C=CC[C@@]1(c2ccc(C)cc2)C(=O)N(C)c2ccccc21. The Balaban J connectivity index is 2.29. The quantitative estimate of drug-likeness (QED) is 0.781. The second-order valence-electron chi connectivity index (χ2n) is 5.65. The minimum Gasteiger partial charge on any atom is -0.314 e. The summed E-state index contributed by atoms with van der Waals surface area (Å²) >= 11 is 0. The molecule has 1 aliphatic heterocycles. The van der Waals surface area contributed by atoms with Crippen molar-refractivity contribution < 1.29 is 4.79 Å². The van der Waals surface area contributed by atoms with Crippen molar-refractivity contribution in [2.75, 3.05) is 11.9 Å². The van der Waals surface area contributed by atoms with Crippen LogP contribution in [0.4, 0.5) is 5.69 Å². The molecule has 3 rings (SSSR count). The molecule has 0 aromatic heterocycles. The van der Waals surface area contributed by atoms with Crippen molar-refractivity contribution in [1.82, 2.24) is 0 Å². The highest BCUT2D eigenvalue weighted by Crippen LogP contribution is 2.47. The molecule has 0 saturated carbocycles. The Morgan fingerprint density at radius 3 is 2.48 bits per heavy atom. The third-order valence-corrected chi connectivity index (χ3v) is 4.39. The van der Waals surface area contributed by atoms with Gasteiger partial charge in [0.25, 0.3) is 0 Å². The zero-order chi connectivity index (χ0) is 15.0. The summed E-state index contributed by atoms with van der Waals surface area (Å²) in [4.78, 5) is 14.8. The van der Waals surface area contributed by atoms with Crippen LogP contribution in [0.15, 0.2) is 61.2 Å². The maximum Gasteiger partial charge on any atom is 0.242 e. The predicted octanol–water partition coefficient (Wildman–Crippen LogP) is 3.83. The molecule has 106 valence electrons. The molecule has 1 amide bonds. The van der Waals surface area contributed by atoms with Gasteiger partial charge in [0.2, 0.25) is 5.91 Å². The van der Waals surface area contributed by atoms with E-state index >= 15 is 0 Å². The first-order valence-electron chi connectivity index (χ1n) is 7.17. The van der Waals surface area contributed by atoms with Gasteiger partial charge >= 0.3 is 0 Å². The third-order valence-electron chi connectivity index (χ3n) is 4.39. The van der Waals surface area contributed by atoms with Gasteiger partial charge in [-0.3, -0.25) is 4.79 Å². The maximum absolute atomic E-state index is 13.0. The fourth-order valence-electron chi connectivity index (χ4n) is 3.29. The minimum absolute atomic E-state index is 0.118. The molecule has 1 heterocycles. The number of anilines is 1. The van der Waals surface area contributed by atoms with Crippen LogP contribution >= 0.6 is 0 Å². The lowest BCUT2D eigenvalue weighted by Gasteiger charge is -2.28. The van der Waals surface area contributed by atoms with Gasteiger partial charge in [-0.05, 0) is 30.5 Å². The van der Waals surface area contributed by atoms with Crippen molar-refractivity contribution in [2.24, 2.45) is 0 Å². The standard InChI is InChI=1S/C19H19NO/c1-4-13-19(15-11-9-14(2)10-12-15)16-7-5-6-8-17(16)20(3)18(19)21/h4-12H,1,13H2,2-3H3/t19-/m0/s1. The first-order valence-corrected chi connectivity index (χ1v) is 7.17. The van der Waals surface area contributed by atoms with Crippen LogP contribution in [0.2, 0.25) is 0 Å². The Bertz CT molecular complexity index is 702. The van der Waals surface area contributed by atoms with E-state index in [0.717, 1.165) is 16.8 Å². The second-order valence-corrected chi connectivity index (χ2v) is 5.65. The van der Waals surface area contributed by atoms with Crippen LogP contribution < -0.4 is 4.90 Å². The number of hydrogen-bond acceptors (Lipinski definition) is 1. The van der Waals surface area contributed by atoms with Crippen LogP contribution in [-0.2, 0) is 10.2 Å². The van der Waals surface area contributed by atoms with E-state index in [4.69, 9.17) is 0 Å². The van der Waals surface area contributed by atoms with Crippen LogP contribution in [-0.4, -0.2) is 13.0 Å². The number of fused-ring (bicyclic) bond motifs is 1. The molecule has 0 fully saturated rings. The average molecular weight is 277 g/mol. The van der Waals surface area contributed by atoms with Gasteiger partial charge in [-0.1, -0.05) is 54.1 Å². The third kappa shape index (κ3) is 1.83. The van der Waals surface area contributed by atoms with E-state index in [-0.39, 0.29) is 5.91 Å². The predicted molar refractivity (Wildman–Crippen MR) is 86.6 cm³/mol. The van der Waals surface area contributed by atoms with Gasteiger partial charge in [-0.15, -0.1) is 6.58 Å². The topological polar surface area (TPSA) is 20.3 Å². The van der Waals surface area contributed by atoms with Crippen LogP contribution in [0.25, 0.3) is 0 Å². The number of amides is 1. The van der Waals surface area contributed by atoms with Gasteiger partial charge in [-0.25, -0.2) is 0 Å². The highest BCUT2D eigenvalue weighted by atomic mass is 16.2. The molecule has 0 bridgehead atoms. The molecule has 2 nitrogen and oxygen atoms in total. The van der Waals surface area contributed by atoms with Crippen LogP contribution in [0.5, 0.6) is 0 Å². The molecule has 0 N–H and O–H groups in total. The number of aryl methyl sites for hydroxylation is 1. The Hall–Kier alpha value is -2.35. The summed E-state index contributed by atoms with van der Waals surface area (Å²) in [6.07, 6.45) is 2.45. The molecule has 2 heteroatoms. The van der Waals surface area contributed by atoms with Gasteiger partial charge in [0.15, 0.2) is 0 Å². The largest absolute Gasteiger partial charge is 0.314 e. The van der Waals surface area contributed by atoms with Crippen LogP contribution in [0.1, 0.15) is 23.1 Å². The first kappa shape index (κ1) is 13.6. The summed E-state index contributed by atoms with van der Waals surface area (Å²) in [6, 6.07) is 16.3. The van der Waals surface area contributed by atoms with Crippen LogP contribution in [0, 0.1) is 6.92 Å². The molecule has 0 saturated heterocycles. The fraction of sp³-hybridized carbons (Fsp3) is 0.211. The number of carbonyl (C=O) groups is 1. The molecule has 1 atom stereocenters. The van der Waals surface area contributed by atoms with E-state index in [2.05, 4.69) is 43.8 Å². The van der Waals surface area contributed by atoms with E-state index in [0.29, 0.717) is 6.42 Å². The molecular formula is C19H19NO. The number of benzene rings is 2. The Morgan fingerprint density at radius 2 is 1.81 bits per heavy atom. The van der Waals surface area contributed by atoms with E-state index in [1.807, 2.05) is 31.3 Å². The van der Waals surface area contributed by atoms with E-state index in [9.17, 15) is 4.79 Å². The van der Waals surface area contributed by atoms with Gasteiger partial charge < -0.3 is 4.90 Å². The molecule has 0 unspecified atom stereocenters. The summed E-state index contributed by atoms with van der Waals surface area (Å²) in [5.74, 6) is 0.118. The molecule has 0 radical (unpaired) electrons. The number of allylic oxidation sites excluding steroid dienone is 1. The van der Waals surface area contributed by atoms with Crippen LogP contribution in [0.3, 0.4) is 0 Å². The number of rotatable bonds is 3. The lowest BCUT2D eigenvalue weighted by atomic mass is 9.73. The van der Waals surface area contributed by atoms with Crippen molar-refractivity contribution in [3.63, 3.8) is 0 Å². The Labute approximate surface area is 125 Å². The zero-order valence-electron chi connectivity index (χ0n) is 12.5. The lowest BCUT2D eigenvalue weighted by Crippen LogP contribution is -2.39. The monoisotopic (exact) mass is 277 g/mol. The van der Waals surface area contributed by atoms with Crippen molar-refractivity contribution in [2.45, 2.75) is 18.8 Å². The highest BCUT2D eigenvalue weighted by Gasteiger charge is 2.49. The minimum atomic E-state index is -0.638. The summed E-state index contributed by atoms with van der Waals surface area (Å²) in [5, 5.41) is 0. The summed E-state index contributed by atoms with van der Waals surface area (Å²) in [7, 11) is 1.85. The van der Waals surface area contributed by atoms with E-state index in [1.165, 1.54) is 5.56 Å². The zero-order valence-corrected chi connectivity index (χ0v) is 12.5. The number of carbonyl (C=O) groups excluding carboxylic acids is 1. The fourth-order valence-corrected chi connectivity index (χ4v) is 3.29. The maximum atomic E-state index is 13.0. The smallest absolute Gasteiger partial charge is 0.242 e. The van der Waals surface area contributed by atoms with Gasteiger partial charge in [-0.2, -0.15) is 0 Å². The number of para-hydroxylation sites is 1. The van der Waals surface area contributed by atoms with E-state index in [1.54, 1.807) is 4.90 Å². The molecular weight excluding hydrogens is 258 g/mol. The highest BCUT2D eigenvalue weighted by molar-refractivity contribution is 6.10.